The summed E-state index contributed by atoms with van der Waals surface area (Å²) in [6.07, 6.45) is -4.39. The Morgan fingerprint density at radius 1 is 1.05 bits per heavy atom. The predicted molar refractivity (Wildman–Crippen MR) is 76.7 cm³/mol. The van der Waals surface area contributed by atoms with E-state index < -0.39 is 23.3 Å². The van der Waals surface area contributed by atoms with Gasteiger partial charge < -0.3 is 5.11 Å². The minimum absolute atomic E-state index is 0.0611. The number of hydrogen-bond donors (Lipinski definition) is 1. The van der Waals surface area contributed by atoms with E-state index in [0.717, 1.165) is 6.07 Å². The fraction of sp³-hybridized carbons (Fsp3) is 0.0769. The van der Waals surface area contributed by atoms with Crippen LogP contribution in [-0.2, 0) is 6.18 Å². The van der Waals surface area contributed by atoms with Crippen molar-refractivity contribution < 1.29 is 23.1 Å². The number of pyridine rings is 1. The molecule has 0 radical (unpaired) electrons. The third-order valence-electron chi connectivity index (χ3n) is 2.73. The number of halogens is 6. The third kappa shape index (κ3) is 3.29. The zero-order valence-electron chi connectivity index (χ0n) is 10.4. The van der Waals surface area contributed by atoms with Crippen LogP contribution in [0.3, 0.4) is 0 Å². The molecule has 0 aliphatic carbocycles. The zero-order valence-corrected chi connectivity index (χ0v) is 12.6. The number of aromatic nitrogens is 1. The SMILES string of the molecule is O=C(O)c1cc(-c2cc(Cl)c(Cl)cc2Cl)ncc1C(F)(F)F. The molecule has 22 heavy (non-hydrogen) atoms. The third-order valence-corrected chi connectivity index (χ3v) is 3.76. The summed E-state index contributed by atoms with van der Waals surface area (Å²) in [5.41, 5.74) is -2.17. The minimum atomic E-state index is -4.83. The van der Waals surface area contributed by atoms with Gasteiger partial charge in [-0.1, -0.05) is 34.8 Å². The zero-order chi connectivity index (χ0) is 16.7. The van der Waals surface area contributed by atoms with Gasteiger partial charge in [-0.15, -0.1) is 0 Å². The molecule has 3 nitrogen and oxygen atoms in total. The fourth-order valence-electron chi connectivity index (χ4n) is 1.72. The first-order valence-electron chi connectivity index (χ1n) is 5.56. The maximum atomic E-state index is 12.8. The van der Waals surface area contributed by atoms with Crippen molar-refractivity contribution in [1.82, 2.24) is 4.98 Å². The van der Waals surface area contributed by atoms with Gasteiger partial charge in [-0.05, 0) is 18.2 Å². The molecule has 0 unspecified atom stereocenters. The first-order chi connectivity index (χ1) is 10.1. The van der Waals surface area contributed by atoms with E-state index in [2.05, 4.69) is 4.98 Å². The second-order valence-electron chi connectivity index (χ2n) is 4.16. The van der Waals surface area contributed by atoms with Crippen LogP contribution in [-0.4, -0.2) is 16.1 Å². The summed E-state index contributed by atoms with van der Waals surface area (Å²) in [5, 5.41) is 9.31. The van der Waals surface area contributed by atoms with Crippen LogP contribution in [0, 0.1) is 0 Å². The molecule has 1 heterocycles. The monoisotopic (exact) mass is 369 g/mol. The van der Waals surface area contributed by atoms with E-state index in [1.54, 1.807) is 0 Å². The Hall–Kier alpha value is -1.50. The molecule has 2 aromatic rings. The summed E-state index contributed by atoms with van der Waals surface area (Å²) in [4.78, 5) is 14.7. The van der Waals surface area contributed by atoms with Crippen molar-refractivity contribution in [2.45, 2.75) is 6.18 Å². The molecule has 1 aromatic carbocycles. The van der Waals surface area contributed by atoms with Crippen LogP contribution in [0.4, 0.5) is 13.2 Å². The molecule has 0 atom stereocenters. The normalized spacial score (nSPS) is 11.5. The van der Waals surface area contributed by atoms with E-state index in [0.29, 0.717) is 6.20 Å². The average Bonchev–Trinajstić information content (AvgIpc) is 2.41. The molecular weight excluding hydrogens is 366 g/mol. The van der Waals surface area contributed by atoms with Crippen LogP contribution >= 0.6 is 34.8 Å². The van der Waals surface area contributed by atoms with Crippen LogP contribution in [0.2, 0.25) is 15.1 Å². The largest absolute Gasteiger partial charge is 0.478 e. The van der Waals surface area contributed by atoms with Gasteiger partial charge in [0.15, 0.2) is 0 Å². The number of hydrogen-bond acceptors (Lipinski definition) is 2. The number of benzene rings is 1. The van der Waals surface area contributed by atoms with Gasteiger partial charge in [0, 0.05) is 11.8 Å². The predicted octanol–water partition coefficient (Wildman–Crippen LogP) is 5.43. The van der Waals surface area contributed by atoms with E-state index in [4.69, 9.17) is 39.9 Å². The van der Waals surface area contributed by atoms with Crippen LogP contribution in [0.15, 0.2) is 24.4 Å². The average molecular weight is 371 g/mol. The number of aromatic carboxylic acids is 1. The molecule has 0 aliphatic heterocycles. The molecule has 0 aliphatic rings. The van der Waals surface area contributed by atoms with E-state index in [1.165, 1.54) is 12.1 Å². The Morgan fingerprint density at radius 3 is 2.18 bits per heavy atom. The Balaban J connectivity index is 2.67. The Labute approximate surface area is 137 Å². The number of nitrogens with zero attached hydrogens (tertiary/aromatic N) is 1. The molecule has 0 amide bonds. The Kier molecular flexibility index (Phi) is 4.56. The van der Waals surface area contributed by atoms with Gasteiger partial charge in [0.05, 0.1) is 31.9 Å². The van der Waals surface area contributed by atoms with Gasteiger partial charge in [-0.3, -0.25) is 4.98 Å². The minimum Gasteiger partial charge on any atom is -0.478 e. The van der Waals surface area contributed by atoms with E-state index in [1.807, 2.05) is 0 Å². The van der Waals surface area contributed by atoms with Crippen LogP contribution < -0.4 is 0 Å². The topological polar surface area (TPSA) is 50.2 Å². The van der Waals surface area contributed by atoms with E-state index >= 15 is 0 Å². The second-order valence-corrected chi connectivity index (χ2v) is 5.39. The molecule has 0 saturated heterocycles. The Morgan fingerprint density at radius 2 is 1.64 bits per heavy atom. The van der Waals surface area contributed by atoms with Crippen molar-refractivity contribution in [1.29, 1.82) is 0 Å². The van der Waals surface area contributed by atoms with Crippen molar-refractivity contribution in [3.63, 3.8) is 0 Å². The highest BCUT2D eigenvalue weighted by atomic mass is 35.5. The lowest BCUT2D eigenvalue weighted by molar-refractivity contribution is -0.138. The van der Waals surface area contributed by atoms with Gasteiger partial charge in [-0.2, -0.15) is 13.2 Å². The van der Waals surface area contributed by atoms with Gasteiger partial charge in [0.1, 0.15) is 0 Å². The Bertz CT molecular complexity index is 763. The number of carbonyl (C=O) groups is 1. The number of alkyl halides is 3. The van der Waals surface area contributed by atoms with Gasteiger partial charge >= 0.3 is 12.1 Å². The molecule has 0 bridgehead atoms. The van der Waals surface area contributed by atoms with E-state index in [-0.39, 0.29) is 26.3 Å². The maximum absolute atomic E-state index is 12.8. The van der Waals surface area contributed by atoms with Crippen LogP contribution in [0.1, 0.15) is 15.9 Å². The van der Waals surface area contributed by atoms with Crippen molar-refractivity contribution in [3.05, 3.63) is 50.6 Å². The van der Waals surface area contributed by atoms with Crippen molar-refractivity contribution in [2.24, 2.45) is 0 Å². The highest BCUT2D eigenvalue weighted by Crippen LogP contribution is 2.37. The fourth-order valence-corrected chi connectivity index (χ4v) is 2.37. The second kappa shape index (κ2) is 5.95. The van der Waals surface area contributed by atoms with Gasteiger partial charge in [-0.25, -0.2) is 4.79 Å². The molecule has 0 fully saturated rings. The van der Waals surface area contributed by atoms with Gasteiger partial charge in [0.2, 0.25) is 0 Å². The molecule has 1 N–H and O–H groups in total. The number of carboxylic acids is 1. The lowest BCUT2D eigenvalue weighted by Gasteiger charge is -2.12. The highest BCUT2D eigenvalue weighted by Gasteiger charge is 2.36. The van der Waals surface area contributed by atoms with Crippen molar-refractivity contribution in [2.75, 3.05) is 0 Å². The van der Waals surface area contributed by atoms with Crippen LogP contribution in [0.25, 0.3) is 11.3 Å². The lowest BCUT2D eigenvalue weighted by atomic mass is 10.0. The molecule has 2 rings (SSSR count). The van der Waals surface area contributed by atoms with Crippen molar-refractivity contribution in [3.8, 4) is 11.3 Å². The summed E-state index contributed by atoms with van der Waals surface area (Å²) in [5.74, 6) is -1.73. The summed E-state index contributed by atoms with van der Waals surface area (Å²) < 4.78 is 38.3. The first kappa shape index (κ1) is 16.9. The van der Waals surface area contributed by atoms with Crippen LogP contribution in [0.5, 0.6) is 0 Å². The summed E-state index contributed by atoms with van der Waals surface area (Å²) in [7, 11) is 0. The van der Waals surface area contributed by atoms with E-state index in [9.17, 15) is 18.0 Å². The molecule has 0 saturated carbocycles. The van der Waals surface area contributed by atoms with Gasteiger partial charge in [0.25, 0.3) is 0 Å². The summed E-state index contributed by atoms with van der Waals surface area (Å²) >= 11 is 17.5. The quantitative estimate of drug-likeness (QED) is 0.718. The molecule has 9 heteroatoms. The molecule has 116 valence electrons. The number of carboxylic acid groups (broad SMARTS) is 1. The summed E-state index contributed by atoms with van der Waals surface area (Å²) in [6, 6.07) is 3.38. The lowest BCUT2D eigenvalue weighted by Crippen LogP contribution is -2.13. The maximum Gasteiger partial charge on any atom is 0.418 e. The standard InChI is InChI=1S/C13H5Cl3F3NO2/c14-8-3-10(16)9(15)1-6(8)11-2-5(12(21)22)7(4-20-11)13(17,18)19/h1-4H,(H,21,22). The molecular formula is C13H5Cl3F3NO2. The summed E-state index contributed by atoms with van der Waals surface area (Å²) in [6.45, 7) is 0. The molecule has 1 aromatic heterocycles. The van der Waals surface area contributed by atoms with Crippen molar-refractivity contribution >= 4 is 40.8 Å². The first-order valence-corrected chi connectivity index (χ1v) is 6.70. The number of rotatable bonds is 2. The highest BCUT2D eigenvalue weighted by molar-refractivity contribution is 6.44. The smallest absolute Gasteiger partial charge is 0.418 e. The molecule has 0 spiro atoms.